The molecule has 88 valence electrons. The van der Waals surface area contributed by atoms with Crippen molar-refractivity contribution in [2.45, 2.75) is 19.3 Å². The zero-order valence-electron chi connectivity index (χ0n) is 9.27. The molecule has 0 aliphatic heterocycles. The van der Waals surface area contributed by atoms with Crippen LogP contribution in [0.1, 0.15) is 24.8 Å². The highest BCUT2D eigenvalue weighted by molar-refractivity contribution is 5.91. The number of aliphatic carboxylic acids is 1. The maximum Gasteiger partial charge on any atom is 0.303 e. The van der Waals surface area contributed by atoms with Crippen LogP contribution in [-0.4, -0.2) is 17.0 Å². The molecule has 0 saturated carbocycles. The highest BCUT2D eigenvalue weighted by Gasteiger charge is 2.04. The van der Waals surface area contributed by atoms with Crippen molar-refractivity contribution >= 4 is 17.6 Å². The van der Waals surface area contributed by atoms with E-state index in [9.17, 15) is 9.59 Å². The zero-order chi connectivity index (χ0) is 12.7. The molecule has 0 aromatic heterocycles. The molecule has 0 saturated heterocycles. The van der Waals surface area contributed by atoms with Gasteiger partial charge in [0.2, 0.25) is 5.91 Å². The van der Waals surface area contributed by atoms with Gasteiger partial charge in [0, 0.05) is 24.1 Å². The molecule has 0 aliphatic rings. The first kappa shape index (κ1) is 12.8. The summed E-state index contributed by atoms with van der Waals surface area (Å²) in [6, 6.07) is 6.94. The standard InChI is InChI=1S/C13H13NO3/c1-2-10-5-3-6-11(9-10)14-12(15)7-4-8-13(16)17/h1,3,5-6,9H,4,7-8H2,(H,14,15)(H,16,17). The Kier molecular flexibility index (Phi) is 4.77. The van der Waals surface area contributed by atoms with Crippen LogP contribution in [0.25, 0.3) is 0 Å². The Hall–Kier alpha value is -2.28. The molecule has 0 bridgehead atoms. The van der Waals surface area contributed by atoms with E-state index in [2.05, 4.69) is 11.2 Å². The van der Waals surface area contributed by atoms with Crippen molar-refractivity contribution in [3.8, 4) is 12.3 Å². The molecule has 4 heteroatoms. The van der Waals surface area contributed by atoms with Crippen LogP contribution in [0.2, 0.25) is 0 Å². The van der Waals surface area contributed by atoms with Crippen LogP contribution >= 0.6 is 0 Å². The third kappa shape index (κ3) is 4.85. The van der Waals surface area contributed by atoms with Gasteiger partial charge in [0.25, 0.3) is 0 Å². The van der Waals surface area contributed by atoms with E-state index in [-0.39, 0.29) is 18.7 Å². The summed E-state index contributed by atoms with van der Waals surface area (Å²) in [7, 11) is 0. The summed E-state index contributed by atoms with van der Waals surface area (Å²) in [6.07, 6.45) is 5.75. The van der Waals surface area contributed by atoms with Crippen molar-refractivity contribution in [1.82, 2.24) is 0 Å². The van der Waals surface area contributed by atoms with Crippen LogP contribution in [0.4, 0.5) is 5.69 Å². The Balaban J connectivity index is 2.45. The number of carbonyl (C=O) groups is 2. The monoisotopic (exact) mass is 231 g/mol. The van der Waals surface area contributed by atoms with E-state index in [1.54, 1.807) is 24.3 Å². The number of rotatable bonds is 5. The van der Waals surface area contributed by atoms with E-state index in [1.807, 2.05) is 0 Å². The maximum atomic E-state index is 11.4. The number of hydrogen-bond donors (Lipinski definition) is 2. The highest BCUT2D eigenvalue weighted by atomic mass is 16.4. The average molecular weight is 231 g/mol. The second kappa shape index (κ2) is 6.33. The number of nitrogens with one attached hydrogen (secondary N) is 1. The molecule has 0 aliphatic carbocycles. The normalized spacial score (nSPS) is 9.35. The Morgan fingerprint density at radius 3 is 2.76 bits per heavy atom. The molecule has 1 aromatic rings. The number of carboxylic acids is 1. The molecule has 2 N–H and O–H groups in total. The van der Waals surface area contributed by atoms with Gasteiger partial charge in [-0.25, -0.2) is 0 Å². The zero-order valence-corrected chi connectivity index (χ0v) is 9.27. The highest BCUT2D eigenvalue weighted by Crippen LogP contribution is 2.10. The maximum absolute atomic E-state index is 11.4. The predicted octanol–water partition coefficient (Wildman–Crippen LogP) is 1.86. The van der Waals surface area contributed by atoms with E-state index in [1.165, 1.54) is 0 Å². The second-order valence-electron chi connectivity index (χ2n) is 3.52. The van der Waals surface area contributed by atoms with Gasteiger partial charge in [0.05, 0.1) is 0 Å². The molecule has 0 atom stereocenters. The summed E-state index contributed by atoms with van der Waals surface area (Å²) in [4.78, 5) is 21.7. The lowest BCUT2D eigenvalue weighted by atomic mass is 10.2. The number of amides is 1. The largest absolute Gasteiger partial charge is 0.481 e. The third-order valence-corrected chi connectivity index (χ3v) is 2.11. The predicted molar refractivity (Wildman–Crippen MR) is 64.5 cm³/mol. The fourth-order valence-electron chi connectivity index (χ4n) is 1.31. The van der Waals surface area contributed by atoms with Gasteiger partial charge in [-0.3, -0.25) is 9.59 Å². The van der Waals surface area contributed by atoms with Crippen LogP contribution in [0, 0.1) is 12.3 Å². The van der Waals surface area contributed by atoms with Crippen LogP contribution in [0.3, 0.4) is 0 Å². The SMILES string of the molecule is C#Cc1cccc(NC(=O)CCCC(=O)O)c1. The first-order valence-electron chi connectivity index (χ1n) is 5.20. The van der Waals surface area contributed by atoms with E-state index in [4.69, 9.17) is 11.5 Å². The Morgan fingerprint density at radius 1 is 1.35 bits per heavy atom. The molecule has 0 radical (unpaired) electrons. The lowest BCUT2D eigenvalue weighted by molar-refractivity contribution is -0.137. The lowest BCUT2D eigenvalue weighted by Gasteiger charge is -2.04. The summed E-state index contributed by atoms with van der Waals surface area (Å²) in [5, 5.41) is 11.1. The number of carboxylic acid groups (broad SMARTS) is 1. The molecular weight excluding hydrogens is 218 g/mol. The molecule has 1 rings (SSSR count). The number of terminal acetylenes is 1. The quantitative estimate of drug-likeness (QED) is 0.760. The van der Waals surface area contributed by atoms with Crippen molar-refractivity contribution in [3.63, 3.8) is 0 Å². The summed E-state index contributed by atoms with van der Waals surface area (Å²) in [6.45, 7) is 0. The van der Waals surface area contributed by atoms with Crippen LogP contribution in [-0.2, 0) is 9.59 Å². The molecule has 0 fully saturated rings. The summed E-state index contributed by atoms with van der Waals surface area (Å²) < 4.78 is 0. The first-order valence-corrected chi connectivity index (χ1v) is 5.20. The van der Waals surface area contributed by atoms with Crippen molar-refractivity contribution in [3.05, 3.63) is 29.8 Å². The molecule has 1 amide bonds. The van der Waals surface area contributed by atoms with Crippen molar-refractivity contribution in [2.75, 3.05) is 5.32 Å². The van der Waals surface area contributed by atoms with Crippen LogP contribution < -0.4 is 5.32 Å². The average Bonchev–Trinajstić information content (AvgIpc) is 2.28. The minimum absolute atomic E-state index is 0.00217. The van der Waals surface area contributed by atoms with Gasteiger partial charge in [-0.2, -0.15) is 0 Å². The van der Waals surface area contributed by atoms with E-state index < -0.39 is 5.97 Å². The first-order chi connectivity index (χ1) is 8.11. The van der Waals surface area contributed by atoms with Gasteiger partial charge in [0.15, 0.2) is 0 Å². The number of anilines is 1. The minimum atomic E-state index is -0.896. The fraction of sp³-hybridized carbons (Fsp3) is 0.231. The van der Waals surface area contributed by atoms with Crippen molar-refractivity contribution in [1.29, 1.82) is 0 Å². The van der Waals surface area contributed by atoms with Crippen LogP contribution in [0.5, 0.6) is 0 Å². The van der Waals surface area contributed by atoms with E-state index in [0.717, 1.165) is 0 Å². The smallest absolute Gasteiger partial charge is 0.303 e. The Bertz CT molecular complexity index is 460. The van der Waals surface area contributed by atoms with Crippen molar-refractivity contribution < 1.29 is 14.7 Å². The van der Waals surface area contributed by atoms with E-state index >= 15 is 0 Å². The van der Waals surface area contributed by atoms with Gasteiger partial charge < -0.3 is 10.4 Å². The molecule has 0 heterocycles. The number of benzene rings is 1. The molecule has 0 spiro atoms. The molecule has 17 heavy (non-hydrogen) atoms. The van der Waals surface area contributed by atoms with Gasteiger partial charge >= 0.3 is 5.97 Å². The number of carbonyl (C=O) groups excluding carboxylic acids is 1. The van der Waals surface area contributed by atoms with Gasteiger partial charge in [-0.15, -0.1) is 6.42 Å². The second-order valence-corrected chi connectivity index (χ2v) is 3.52. The third-order valence-electron chi connectivity index (χ3n) is 2.11. The Labute approximate surface area is 99.7 Å². The summed E-state index contributed by atoms with van der Waals surface area (Å²) in [5.74, 6) is 1.37. The Morgan fingerprint density at radius 2 is 2.12 bits per heavy atom. The molecule has 4 nitrogen and oxygen atoms in total. The van der Waals surface area contributed by atoms with Crippen molar-refractivity contribution in [2.24, 2.45) is 0 Å². The topological polar surface area (TPSA) is 66.4 Å². The summed E-state index contributed by atoms with van der Waals surface area (Å²) >= 11 is 0. The minimum Gasteiger partial charge on any atom is -0.481 e. The molecule has 0 unspecified atom stereocenters. The summed E-state index contributed by atoms with van der Waals surface area (Å²) in [5.41, 5.74) is 1.31. The van der Waals surface area contributed by atoms with Gasteiger partial charge in [-0.1, -0.05) is 12.0 Å². The van der Waals surface area contributed by atoms with Gasteiger partial charge in [-0.05, 0) is 24.6 Å². The fourth-order valence-corrected chi connectivity index (χ4v) is 1.31. The van der Waals surface area contributed by atoms with Crippen LogP contribution in [0.15, 0.2) is 24.3 Å². The molecule has 1 aromatic carbocycles. The van der Waals surface area contributed by atoms with E-state index in [0.29, 0.717) is 17.7 Å². The van der Waals surface area contributed by atoms with Gasteiger partial charge in [0.1, 0.15) is 0 Å². The lowest BCUT2D eigenvalue weighted by Crippen LogP contribution is -2.11. The number of hydrogen-bond acceptors (Lipinski definition) is 2. The molecular formula is C13H13NO3.